The minimum Gasteiger partial charge on any atom is -0.378 e. The van der Waals surface area contributed by atoms with Crippen molar-refractivity contribution in [2.45, 2.75) is 37.2 Å². The fraction of sp³-hybridized carbons (Fsp3) is 0.600. The van der Waals surface area contributed by atoms with E-state index in [1.54, 1.807) is 10.4 Å². The van der Waals surface area contributed by atoms with Gasteiger partial charge in [-0.1, -0.05) is 6.07 Å². The molecular formula is C15H24BrClN2O3S. The first-order valence-electron chi connectivity index (χ1n) is 7.53. The lowest BCUT2D eigenvalue weighted by Gasteiger charge is -2.31. The fourth-order valence-corrected chi connectivity index (χ4v) is 5.15. The Morgan fingerprint density at radius 3 is 2.57 bits per heavy atom. The van der Waals surface area contributed by atoms with Crippen LogP contribution in [0.1, 0.15) is 24.8 Å². The third-order valence-corrected chi connectivity index (χ3v) is 6.68. The van der Waals surface area contributed by atoms with Crippen molar-refractivity contribution in [1.82, 2.24) is 4.31 Å². The molecule has 2 rings (SSSR count). The van der Waals surface area contributed by atoms with E-state index in [2.05, 4.69) is 15.9 Å². The molecule has 0 aromatic heterocycles. The van der Waals surface area contributed by atoms with E-state index in [4.69, 9.17) is 10.5 Å². The lowest BCUT2D eigenvalue weighted by atomic mass is 10.1. The van der Waals surface area contributed by atoms with Crippen molar-refractivity contribution in [3.63, 3.8) is 0 Å². The molecule has 2 N–H and O–H groups in total. The number of piperidine rings is 1. The quantitative estimate of drug-likeness (QED) is 0.708. The number of hydrogen-bond donors (Lipinski definition) is 1. The van der Waals surface area contributed by atoms with Gasteiger partial charge in [-0.25, -0.2) is 8.42 Å². The largest absolute Gasteiger partial charge is 0.378 e. The third-order valence-electron chi connectivity index (χ3n) is 3.81. The summed E-state index contributed by atoms with van der Waals surface area (Å²) in [5.41, 5.74) is 6.47. The Morgan fingerprint density at radius 2 is 2.00 bits per heavy atom. The Labute approximate surface area is 153 Å². The highest BCUT2D eigenvalue weighted by molar-refractivity contribution is 9.10. The predicted molar refractivity (Wildman–Crippen MR) is 97.5 cm³/mol. The molecule has 0 saturated carbocycles. The standard InChI is InChI=1S/C15H23BrN2O3S.ClH/c1-12-3-4-15(14(16)11-12)22(19,20)18-8-5-13(6-9-18)21-10-2-7-17;/h3-4,11,13H,2,5-10,17H2,1H3;1H. The highest BCUT2D eigenvalue weighted by Crippen LogP contribution is 2.28. The van der Waals surface area contributed by atoms with Gasteiger partial charge in [0.1, 0.15) is 0 Å². The Morgan fingerprint density at radius 1 is 1.35 bits per heavy atom. The summed E-state index contributed by atoms with van der Waals surface area (Å²) >= 11 is 3.36. The second-order valence-electron chi connectivity index (χ2n) is 5.55. The topological polar surface area (TPSA) is 72.6 Å². The van der Waals surface area contributed by atoms with E-state index in [1.165, 1.54) is 0 Å². The summed E-state index contributed by atoms with van der Waals surface area (Å²) in [5.74, 6) is 0. The maximum atomic E-state index is 12.7. The SMILES string of the molecule is Cc1ccc(S(=O)(=O)N2CCC(OCCCN)CC2)c(Br)c1.Cl. The molecular weight excluding hydrogens is 404 g/mol. The van der Waals surface area contributed by atoms with Crippen molar-refractivity contribution in [1.29, 1.82) is 0 Å². The second kappa shape index (κ2) is 9.34. The first-order valence-corrected chi connectivity index (χ1v) is 9.76. The summed E-state index contributed by atoms with van der Waals surface area (Å²) in [6, 6.07) is 5.31. The van der Waals surface area contributed by atoms with E-state index in [1.807, 2.05) is 19.1 Å². The van der Waals surface area contributed by atoms with Gasteiger partial charge in [-0.05, 0) is 66.4 Å². The van der Waals surface area contributed by atoms with Crippen LogP contribution in [0.3, 0.4) is 0 Å². The molecule has 1 aliphatic rings. The van der Waals surface area contributed by atoms with Gasteiger partial charge in [0.25, 0.3) is 0 Å². The van der Waals surface area contributed by atoms with Gasteiger partial charge in [0, 0.05) is 24.2 Å². The average Bonchev–Trinajstić information content (AvgIpc) is 2.47. The molecule has 132 valence electrons. The van der Waals surface area contributed by atoms with Gasteiger partial charge in [-0.2, -0.15) is 4.31 Å². The molecule has 0 amide bonds. The van der Waals surface area contributed by atoms with Crippen LogP contribution in [0, 0.1) is 6.92 Å². The number of aryl methyl sites for hydroxylation is 1. The molecule has 1 aromatic carbocycles. The summed E-state index contributed by atoms with van der Waals surface area (Å²) in [6.45, 7) is 4.20. The molecule has 23 heavy (non-hydrogen) atoms. The van der Waals surface area contributed by atoms with Crippen molar-refractivity contribution in [2.24, 2.45) is 5.73 Å². The zero-order chi connectivity index (χ0) is 16.2. The van der Waals surface area contributed by atoms with Gasteiger partial charge in [0.15, 0.2) is 0 Å². The molecule has 1 aliphatic heterocycles. The maximum Gasteiger partial charge on any atom is 0.244 e. The van der Waals surface area contributed by atoms with Crippen molar-refractivity contribution in [3.8, 4) is 0 Å². The van der Waals surface area contributed by atoms with Crippen LogP contribution in [0.15, 0.2) is 27.6 Å². The van der Waals surface area contributed by atoms with Crippen LogP contribution >= 0.6 is 28.3 Å². The molecule has 1 saturated heterocycles. The van der Waals surface area contributed by atoms with Crippen LogP contribution < -0.4 is 5.73 Å². The lowest BCUT2D eigenvalue weighted by molar-refractivity contribution is 0.0209. The Hall–Kier alpha value is -0.180. The molecule has 5 nitrogen and oxygen atoms in total. The highest BCUT2D eigenvalue weighted by atomic mass is 79.9. The summed E-state index contributed by atoms with van der Waals surface area (Å²) in [7, 11) is -3.45. The number of rotatable bonds is 6. The van der Waals surface area contributed by atoms with E-state index in [0.717, 1.165) is 24.8 Å². The van der Waals surface area contributed by atoms with Crippen molar-refractivity contribution in [2.75, 3.05) is 26.2 Å². The van der Waals surface area contributed by atoms with Crippen molar-refractivity contribution in [3.05, 3.63) is 28.2 Å². The van der Waals surface area contributed by atoms with E-state index in [0.29, 0.717) is 35.6 Å². The normalized spacial score (nSPS) is 17.0. The molecule has 1 fully saturated rings. The van der Waals surface area contributed by atoms with Gasteiger partial charge in [0.2, 0.25) is 10.0 Å². The number of ether oxygens (including phenoxy) is 1. The number of nitrogens with two attached hydrogens (primary N) is 1. The number of sulfonamides is 1. The summed E-state index contributed by atoms with van der Waals surface area (Å²) in [6.07, 6.45) is 2.44. The minimum absolute atomic E-state index is 0. The molecule has 0 aliphatic carbocycles. The molecule has 0 unspecified atom stereocenters. The molecule has 8 heteroatoms. The monoisotopic (exact) mass is 426 g/mol. The Balaban J connectivity index is 0.00000264. The highest BCUT2D eigenvalue weighted by Gasteiger charge is 2.30. The van der Waals surface area contributed by atoms with E-state index in [-0.39, 0.29) is 18.5 Å². The van der Waals surface area contributed by atoms with Gasteiger partial charge in [-0.3, -0.25) is 0 Å². The smallest absolute Gasteiger partial charge is 0.244 e. The molecule has 0 spiro atoms. The van der Waals surface area contributed by atoms with E-state index < -0.39 is 10.0 Å². The van der Waals surface area contributed by atoms with Gasteiger partial charge in [0.05, 0.1) is 11.0 Å². The number of benzene rings is 1. The van der Waals surface area contributed by atoms with Gasteiger partial charge in [-0.15, -0.1) is 12.4 Å². The van der Waals surface area contributed by atoms with E-state index in [9.17, 15) is 8.42 Å². The zero-order valence-electron chi connectivity index (χ0n) is 13.2. The van der Waals surface area contributed by atoms with Crippen LogP contribution in [-0.2, 0) is 14.8 Å². The molecule has 0 bridgehead atoms. The third kappa shape index (κ3) is 5.41. The Kier molecular flexibility index (Phi) is 8.47. The first kappa shape index (κ1) is 20.9. The predicted octanol–water partition coefficient (Wildman–Crippen LogP) is 2.70. The zero-order valence-corrected chi connectivity index (χ0v) is 16.4. The molecule has 0 radical (unpaired) electrons. The number of nitrogens with zero attached hydrogens (tertiary/aromatic N) is 1. The maximum absolute atomic E-state index is 12.7. The summed E-state index contributed by atoms with van der Waals surface area (Å²) in [4.78, 5) is 0.334. The molecule has 1 heterocycles. The number of hydrogen-bond acceptors (Lipinski definition) is 4. The van der Waals surface area contributed by atoms with Crippen LogP contribution in [0.5, 0.6) is 0 Å². The summed E-state index contributed by atoms with van der Waals surface area (Å²) < 4.78 is 33.3. The minimum atomic E-state index is -3.45. The fourth-order valence-electron chi connectivity index (χ4n) is 2.53. The molecule has 0 atom stereocenters. The van der Waals surface area contributed by atoms with Crippen molar-refractivity contribution >= 4 is 38.4 Å². The van der Waals surface area contributed by atoms with Crippen LogP contribution in [0.25, 0.3) is 0 Å². The first-order chi connectivity index (χ1) is 10.4. The lowest BCUT2D eigenvalue weighted by Crippen LogP contribution is -2.41. The van der Waals surface area contributed by atoms with Gasteiger partial charge < -0.3 is 10.5 Å². The van der Waals surface area contributed by atoms with Crippen LogP contribution in [-0.4, -0.2) is 45.1 Å². The van der Waals surface area contributed by atoms with E-state index >= 15 is 0 Å². The molecule has 1 aromatic rings. The Bertz CT molecular complexity index is 605. The van der Waals surface area contributed by atoms with Crippen LogP contribution in [0.4, 0.5) is 0 Å². The average molecular weight is 428 g/mol. The summed E-state index contributed by atoms with van der Waals surface area (Å²) in [5, 5.41) is 0. The number of halogens is 2. The van der Waals surface area contributed by atoms with Crippen molar-refractivity contribution < 1.29 is 13.2 Å². The van der Waals surface area contributed by atoms with Gasteiger partial charge >= 0.3 is 0 Å². The van der Waals surface area contributed by atoms with Crippen LogP contribution in [0.2, 0.25) is 0 Å². The second-order valence-corrected chi connectivity index (χ2v) is 8.31.